The second kappa shape index (κ2) is 7.33. The maximum absolute atomic E-state index is 9.66. The lowest BCUT2D eigenvalue weighted by Gasteiger charge is -2.14. The summed E-state index contributed by atoms with van der Waals surface area (Å²) in [5, 5.41) is 9.66. The fourth-order valence-corrected chi connectivity index (χ4v) is 2.75. The lowest BCUT2D eigenvalue weighted by molar-refractivity contribution is 0.186. The Bertz CT molecular complexity index is 351. The van der Waals surface area contributed by atoms with Gasteiger partial charge in [0.2, 0.25) is 0 Å². The molecule has 0 bridgehead atoms. The first-order valence-electron chi connectivity index (χ1n) is 5.30. The Kier molecular flexibility index (Phi) is 6.43. The highest BCUT2D eigenvalue weighted by molar-refractivity contribution is 9.11. The largest absolute Gasteiger partial charge is 0.491 e. The molecule has 4 nitrogen and oxygen atoms in total. The Hall–Kier alpha value is -0.140. The van der Waals surface area contributed by atoms with E-state index < -0.39 is 6.10 Å². The number of nitrogens with two attached hydrogens (primary N) is 2. The van der Waals surface area contributed by atoms with Gasteiger partial charge in [0.05, 0.1) is 21.7 Å². The van der Waals surface area contributed by atoms with Crippen molar-refractivity contribution in [2.75, 3.05) is 19.7 Å². The summed E-state index contributed by atoms with van der Waals surface area (Å²) < 4.78 is 7.16. The summed E-state index contributed by atoms with van der Waals surface area (Å²) in [7, 11) is 0. The van der Waals surface area contributed by atoms with Gasteiger partial charge in [-0.2, -0.15) is 0 Å². The van der Waals surface area contributed by atoms with E-state index in [2.05, 4.69) is 31.9 Å². The fraction of sp³-hybridized carbons (Fsp3) is 0.455. The molecule has 0 saturated heterocycles. The van der Waals surface area contributed by atoms with Crippen molar-refractivity contribution in [2.45, 2.75) is 12.5 Å². The third-order valence-corrected chi connectivity index (χ3v) is 3.40. The van der Waals surface area contributed by atoms with Crippen LogP contribution in [0.15, 0.2) is 21.1 Å². The highest BCUT2D eigenvalue weighted by Gasteiger charge is 2.13. The van der Waals surface area contributed by atoms with Gasteiger partial charge in [0.15, 0.2) is 0 Å². The van der Waals surface area contributed by atoms with Gasteiger partial charge < -0.3 is 21.3 Å². The van der Waals surface area contributed by atoms with Crippen molar-refractivity contribution in [2.24, 2.45) is 11.5 Å². The molecule has 0 aliphatic rings. The second-order valence-electron chi connectivity index (χ2n) is 3.56. The Balaban J connectivity index is 2.86. The molecule has 6 heteroatoms. The van der Waals surface area contributed by atoms with Crippen molar-refractivity contribution in [3.8, 4) is 5.75 Å². The molecule has 96 valence electrons. The molecule has 0 heterocycles. The smallest absolute Gasteiger partial charge is 0.147 e. The van der Waals surface area contributed by atoms with Gasteiger partial charge in [-0.3, -0.25) is 0 Å². The molecular weight excluding hydrogens is 352 g/mol. The molecule has 0 unspecified atom stereocenters. The van der Waals surface area contributed by atoms with Gasteiger partial charge in [-0.15, -0.1) is 0 Å². The molecule has 1 rings (SSSR count). The number of rotatable bonds is 6. The molecule has 0 saturated carbocycles. The minimum Gasteiger partial charge on any atom is -0.491 e. The zero-order valence-electron chi connectivity index (χ0n) is 9.33. The van der Waals surface area contributed by atoms with Crippen LogP contribution in [0.5, 0.6) is 5.75 Å². The van der Waals surface area contributed by atoms with Gasteiger partial charge in [-0.25, -0.2) is 0 Å². The van der Waals surface area contributed by atoms with E-state index in [1.807, 2.05) is 0 Å². The van der Waals surface area contributed by atoms with Crippen LogP contribution in [0.3, 0.4) is 0 Å². The first kappa shape index (κ1) is 14.9. The van der Waals surface area contributed by atoms with E-state index in [-0.39, 0.29) is 6.54 Å². The van der Waals surface area contributed by atoms with E-state index in [4.69, 9.17) is 16.2 Å². The summed E-state index contributed by atoms with van der Waals surface area (Å²) in [5.41, 5.74) is 11.6. The van der Waals surface area contributed by atoms with Gasteiger partial charge >= 0.3 is 0 Å². The van der Waals surface area contributed by atoms with Crippen LogP contribution in [0.4, 0.5) is 0 Å². The van der Waals surface area contributed by atoms with Crippen LogP contribution >= 0.6 is 31.9 Å². The molecule has 1 atom stereocenters. The monoisotopic (exact) mass is 366 g/mol. The highest BCUT2D eigenvalue weighted by Crippen LogP contribution is 2.36. The SMILES string of the molecule is NCCCOc1c(Br)cc([C@@H](O)CN)cc1Br. The number of benzene rings is 1. The summed E-state index contributed by atoms with van der Waals surface area (Å²) in [4.78, 5) is 0. The summed E-state index contributed by atoms with van der Waals surface area (Å²) in [6, 6.07) is 3.61. The van der Waals surface area contributed by atoms with E-state index in [1.165, 1.54) is 0 Å². The Morgan fingerprint density at radius 3 is 2.29 bits per heavy atom. The average Bonchev–Trinajstić information content (AvgIpc) is 2.31. The van der Waals surface area contributed by atoms with E-state index in [0.29, 0.717) is 18.9 Å². The van der Waals surface area contributed by atoms with Gasteiger partial charge in [0.25, 0.3) is 0 Å². The molecule has 0 radical (unpaired) electrons. The minimum absolute atomic E-state index is 0.187. The summed E-state index contributed by atoms with van der Waals surface area (Å²) in [6.07, 6.45) is 0.132. The summed E-state index contributed by atoms with van der Waals surface area (Å²) in [5.74, 6) is 0.714. The molecule has 0 aliphatic heterocycles. The van der Waals surface area contributed by atoms with Crippen molar-refractivity contribution in [3.05, 3.63) is 26.6 Å². The Labute approximate surface area is 118 Å². The summed E-state index contributed by atoms with van der Waals surface area (Å²) in [6.45, 7) is 1.35. The number of hydrogen-bond donors (Lipinski definition) is 3. The van der Waals surface area contributed by atoms with E-state index >= 15 is 0 Å². The van der Waals surface area contributed by atoms with E-state index in [1.54, 1.807) is 12.1 Å². The average molecular weight is 368 g/mol. The first-order chi connectivity index (χ1) is 8.10. The van der Waals surface area contributed by atoms with Crippen molar-refractivity contribution >= 4 is 31.9 Å². The standard InChI is InChI=1S/C11H16Br2N2O2/c12-8-4-7(10(16)6-15)5-9(13)11(8)17-3-1-2-14/h4-5,10,16H,1-3,6,14-15H2/t10-/m0/s1. The maximum atomic E-state index is 9.66. The molecular formula is C11H16Br2N2O2. The van der Waals surface area contributed by atoms with Crippen LogP contribution < -0.4 is 16.2 Å². The first-order valence-corrected chi connectivity index (χ1v) is 6.88. The zero-order chi connectivity index (χ0) is 12.8. The zero-order valence-corrected chi connectivity index (χ0v) is 12.5. The second-order valence-corrected chi connectivity index (χ2v) is 5.26. The van der Waals surface area contributed by atoms with Crippen LogP contribution in [-0.4, -0.2) is 24.8 Å². The van der Waals surface area contributed by atoms with Crippen LogP contribution in [0.25, 0.3) is 0 Å². The number of halogens is 2. The number of ether oxygens (including phenoxy) is 1. The summed E-state index contributed by atoms with van der Waals surface area (Å²) >= 11 is 6.82. The molecule has 5 N–H and O–H groups in total. The Morgan fingerprint density at radius 1 is 1.24 bits per heavy atom. The van der Waals surface area contributed by atoms with Crippen molar-refractivity contribution in [3.63, 3.8) is 0 Å². The highest BCUT2D eigenvalue weighted by atomic mass is 79.9. The van der Waals surface area contributed by atoms with Crippen LogP contribution in [0, 0.1) is 0 Å². The molecule has 0 fully saturated rings. The molecule has 1 aromatic rings. The minimum atomic E-state index is -0.666. The number of hydrogen-bond acceptors (Lipinski definition) is 4. The van der Waals surface area contributed by atoms with E-state index in [0.717, 1.165) is 20.9 Å². The predicted octanol–water partition coefficient (Wildman–Crippen LogP) is 1.93. The fourth-order valence-electron chi connectivity index (χ4n) is 1.30. The van der Waals surface area contributed by atoms with Crippen LogP contribution in [0.2, 0.25) is 0 Å². The topological polar surface area (TPSA) is 81.5 Å². The predicted molar refractivity (Wildman–Crippen MR) is 75.0 cm³/mol. The van der Waals surface area contributed by atoms with Crippen LogP contribution in [-0.2, 0) is 0 Å². The lowest BCUT2D eigenvalue weighted by Crippen LogP contribution is -2.12. The van der Waals surface area contributed by atoms with Crippen molar-refractivity contribution in [1.29, 1.82) is 0 Å². The van der Waals surface area contributed by atoms with Crippen LogP contribution in [0.1, 0.15) is 18.1 Å². The van der Waals surface area contributed by atoms with Gasteiger partial charge in [0, 0.05) is 6.54 Å². The third kappa shape index (κ3) is 4.22. The Morgan fingerprint density at radius 2 is 1.82 bits per heavy atom. The number of aliphatic hydroxyl groups is 1. The molecule has 0 aliphatic carbocycles. The lowest BCUT2D eigenvalue weighted by atomic mass is 10.1. The molecule has 1 aromatic carbocycles. The van der Waals surface area contributed by atoms with Crippen molar-refractivity contribution in [1.82, 2.24) is 0 Å². The van der Waals surface area contributed by atoms with E-state index in [9.17, 15) is 5.11 Å². The van der Waals surface area contributed by atoms with Crippen molar-refractivity contribution < 1.29 is 9.84 Å². The third-order valence-electron chi connectivity index (χ3n) is 2.22. The van der Waals surface area contributed by atoms with Gasteiger partial charge in [0.1, 0.15) is 5.75 Å². The quantitative estimate of drug-likeness (QED) is 0.671. The van der Waals surface area contributed by atoms with Gasteiger partial charge in [-0.1, -0.05) is 0 Å². The molecule has 0 spiro atoms. The molecule has 0 aromatic heterocycles. The normalized spacial score (nSPS) is 12.5. The molecule has 17 heavy (non-hydrogen) atoms. The molecule has 0 amide bonds. The van der Waals surface area contributed by atoms with Gasteiger partial charge in [-0.05, 0) is 62.5 Å². The number of aliphatic hydroxyl groups excluding tert-OH is 1. The maximum Gasteiger partial charge on any atom is 0.147 e.